The molecule has 1 N–H and O–H groups in total. The average Bonchev–Trinajstić information content (AvgIpc) is 2.57. The van der Waals surface area contributed by atoms with Crippen LogP contribution in [0.5, 0.6) is 0 Å². The summed E-state index contributed by atoms with van der Waals surface area (Å²) >= 11 is 12.1. The van der Waals surface area contributed by atoms with Crippen molar-refractivity contribution in [1.29, 1.82) is 0 Å². The number of amides is 1. The maximum Gasteiger partial charge on any atom is 0.407 e. The van der Waals surface area contributed by atoms with Gasteiger partial charge in [0.1, 0.15) is 5.60 Å². The molecule has 1 amide bonds. The van der Waals surface area contributed by atoms with Gasteiger partial charge < -0.3 is 15.0 Å². The summed E-state index contributed by atoms with van der Waals surface area (Å²) in [7, 11) is 2.12. The van der Waals surface area contributed by atoms with Gasteiger partial charge in [0.2, 0.25) is 0 Å². The minimum atomic E-state index is -0.461. The zero-order valence-electron chi connectivity index (χ0n) is 16.7. The Morgan fingerprint density at radius 3 is 2.52 bits per heavy atom. The van der Waals surface area contributed by atoms with Gasteiger partial charge in [-0.15, -0.1) is 0 Å². The third kappa shape index (κ3) is 7.86. The molecule has 1 aromatic rings. The number of piperidine rings is 1. The number of carbonyl (C=O) groups excluding carboxylic acids is 1. The third-order valence-electron chi connectivity index (χ3n) is 4.70. The summed E-state index contributed by atoms with van der Waals surface area (Å²) in [6.07, 6.45) is 1.88. The van der Waals surface area contributed by atoms with Crippen molar-refractivity contribution in [3.8, 4) is 0 Å². The molecule has 1 saturated heterocycles. The van der Waals surface area contributed by atoms with E-state index in [9.17, 15) is 4.79 Å². The second-order valence-corrected chi connectivity index (χ2v) is 8.98. The number of hydrogen-bond acceptors (Lipinski definition) is 4. The highest BCUT2D eigenvalue weighted by Gasteiger charge is 2.23. The number of nitrogens with zero attached hydrogens (tertiary/aromatic N) is 2. The predicted octanol–water partition coefficient (Wildman–Crippen LogP) is 4.41. The quantitative estimate of drug-likeness (QED) is 0.746. The van der Waals surface area contributed by atoms with E-state index >= 15 is 0 Å². The molecule has 0 saturated carbocycles. The van der Waals surface area contributed by atoms with Gasteiger partial charge in [-0.25, -0.2) is 4.79 Å². The standard InChI is InChI=1S/C20H31Cl2N3O2/c1-20(2,3)27-19(26)23-9-12-24(4)16-7-10-25(11-8-16)14-15-5-6-17(21)18(22)13-15/h5-6,13,16H,7-12,14H2,1-4H3,(H,23,26). The van der Waals surface area contributed by atoms with Crippen LogP contribution in [0, 0.1) is 0 Å². The van der Waals surface area contributed by atoms with Crippen LogP contribution in [0.1, 0.15) is 39.2 Å². The lowest BCUT2D eigenvalue weighted by Crippen LogP contribution is -2.45. The molecule has 7 heteroatoms. The van der Waals surface area contributed by atoms with E-state index in [2.05, 4.69) is 22.2 Å². The van der Waals surface area contributed by atoms with E-state index < -0.39 is 5.60 Å². The number of likely N-dealkylation sites (tertiary alicyclic amines) is 1. The zero-order chi connectivity index (χ0) is 20.0. The molecule has 0 unspecified atom stereocenters. The molecule has 0 atom stereocenters. The molecule has 0 aliphatic carbocycles. The minimum Gasteiger partial charge on any atom is -0.444 e. The predicted molar refractivity (Wildman–Crippen MR) is 112 cm³/mol. The molecule has 1 aliphatic rings. The summed E-state index contributed by atoms with van der Waals surface area (Å²) in [6.45, 7) is 10.0. The van der Waals surface area contributed by atoms with E-state index in [1.165, 1.54) is 5.56 Å². The van der Waals surface area contributed by atoms with Gasteiger partial charge in [-0.2, -0.15) is 0 Å². The number of ether oxygens (including phenoxy) is 1. The van der Waals surface area contributed by atoms with Gasteiger partial charge in [0.15, 0.2) is 0 Å². The fraction of sp³-hybridized carbons (Fsp3) is 0.650. The second kappa shape index (κ2) is 9.97. The van der Waals surface area contributed by atoms with E-state index in [4.69, 9.17) is 27.9 Å². The molecule has 152 valence electrons. The van der Waals surface area contributed by atoms with Crippen molar-refractivity contribution < 1.29 is 9.53 Å². The Kier molecular flexibility index (Phi) is 8.22. The Hall–Kier alpha value is -1.01. The molecule has 2 rings (SSSR count). The summed E-state index contributed by atoms with van der Waals surface area (Å²) in [5.74, 6) is 0. The van der Waals surface area contributed by atoms with Crippen molar-refractivity contribution in [2.45, 2.75) is 51.8 Å². The Balaban J connectivity index is 1.68. The largest absolute Gasteiger partial charge is 0.444 e. The number of carbonyl (C=O) groups is 1. The number of alkyl carbamates (subject to hydrolysis) is 1. The Labute approximate surface area is 172 Å². The smallest absolute Gasteiger partial charge is 0.407 e. The molecular formula is C20H31Cl2N3O2. The number of benzene rings is 1. The molecule has 1 fully saturated rings. The van der Waals surface area contributed by atoms with Crippen molar-refractivity contribution in [2.24, 2.45) is 0 Å². The van der Waals surface area contributed by atoms with Crippen molar-refractivity contribution in [1.82, 2.24) is 15.1 Å². The highest BCUT2D eigenvalue weighted by Crippen LogP contribution is 2.24. The van der Waals surface area contributed by atoms with E-state index in [0.29, 0.717) is 22.6 Å². The Morgan fingerprint density at radius 2 is 1.93 bits per heavy atom. The molecule has 1 heterocycles. The lowest BCUT2D eigenvalue weighted by Gasteiger charge is -2.36. The van der Waals surface area contributed by atoms with Crippen LogP contribution >= 0.6 is 23.2 Å². The van der Waals surface area contributed by atoms with Crippen LogP contribution < -0.4 is 5.32 Å². The monoisotopic (exact) mass is 415 g/mol. The maximum atomic E-state index is 11.7. The van der Waals surface area contributed by atoms with Crippen LogP contribution in [0.3, 0.4) is 0 Å². The molecule has 1 aromatic carbocycles. The lowest BCUT2D eigenvalue weighted by atomic mass is 10.0. The SMILES string of the molecule is CN(CCNC(=O)OC(C)(C)C)C1CCN(Cc2ccc(Cl)c(Cl)c2)CC1. The third-order valence-corrected chi connectivity index (χ3v) is 5.44. The maximum absolute atomic E-state index is 11.7. The first-order valence-electron chi connectivity index (χ1n) is 9.47. The molecule has 0 bridgehead atoms. The van der Waals surface area contributed by atoms with E-state index in [1.54, 1.807) is 0 Å². The van der Waals surface area contributed by atoms with Crippen molar-refractivity contribution in [3.63, 3.8) is 0 Å². The van der Waals surface area contributed by atoms with Crippen LogP contribution in [0.15, 0.2) is 18.2 Å². The van der Waals surface area contributed by atoms with Crippen LogP contribution in [0.4, 0.5) is 4.79 Å². The van der Waals surface area contributed by atoms with Crippen molar-refractivity contribution in [3.05, 3.63) is 33.8 Å². The van der Waals surface area contributed by atoms with E-state index in [-0.39, 0.29) is 6.09 Å². The Bertz CT molecular complexity index is 626. The molecule has 1 aliphatic heterocycles. The van der Waals surface area contributed by atoms with Gasteiger partial charge in [-0.1, -0.05) is 29.3 Å². The normalized spacial score (nSPS) is 16.6. The van der Waals surface area contributed by atoms with Gasteiger partial charge >= 0.3 is 6.09 Å². The van der Waals surface area contributed by atoms with E-state index in [1.807, 2.05) is 39.0 Å². The van der Waals surface area contributed by atoms with Gasteiger partial charge in [0, 0.05) is 25.7 Å². The molecule has 27 heavy (non-hydrogen) atoms. The number of rotatable bonds is 6. The minimum absolute atomic E-state index is 0.354. The molecule has 0 spiro atoms. The Morgan fingerprint density at radius 1 is 1.26 bits per heavy atom. The van der Waals surface area contributed by atoms with Crippen molar-refractivity contribution in [2.75, 3.05) is 33.2 Å². The first kappa shape index (κ1) is 22.3. The van der Waals surface area contributed by atoms with Crippen LogP contribution in [-0.2, 0) is 11.3 Å². The van der Waals surface area contributed by atoms with Gasteiger partial charge in [0.25, 0.3) is 0 Å². The molecule has 0 aromatic heterocycles. The summed E-state index contributed by atoms with van der Waals surface area (Å²) in [6, 6.07) is 6.38. The van der Waals surface area contributed by atoms with Crippen LogP contribution in [0.25, 0.3) is 0 Å². The van der Waals surface area contributed by atoms with Crippen LogP contribution in [0.2, 0.25) is 10.0 Å². The van der Waals surface area contributed by atoms with Crippen molar-refractivity contribution >= 4 is 29.3 Å². The number of halogens is 2. The summed E-state index contributed by atoms with van der Waals surface area (Å²) < 4.78 is 5.26. The first-order chi connectivity index (χ1) is 12.6. The summed E-state index contributed by atoms with van der Waals surface area (Å²) in [5, 5.41) is 4.03. The zero-order valence-corrected chi connectivity index (χ0v) is 18.2. The number of nitrogens with one attached hydrogen (secondary N) is 1. The topological polar surface area (TPSA) is 44.8 Å². The van der Waals surface area contributed by atoms with Gasteiger partial charge in [0.05, 0.1) is 10.0 Å². The molecular weight excluding hydrogens is 385 g/mol. The number of likely N-dealkylation sites (N-methyl/N-ethyl adjacent to an activating group) is 1. The molecule has 0 radical (unpaired) electrons. The summed E-state index contributed by atoms with van der Waals surface area (Å²) in [4.78, 5) is 16.5. The highest BCUT2D eigenvalue weighted by atomic mass is 35.5. The lowest BCUT2D eigenvalue weighted by molar-refractivity contribution is 0.0516. The second-order valence-electron chi connectivity index (χ2n) is 8.17. The average molecular weight is 416 g/mol. The molecule has 5 nitrogen and oxygen atoms in total. The number of hydrogen-bond donors (Lipinski definition) is 1. The fourth-order valence-corrected chi connectivity index (χ4v) is 3.57. The fourth-order valence-electron chi connectivity index (χ4n) is 3.25. The summed E-state index contributed by atoms with van der Waals surface area (Å²) in [5.41, 5.74) is 0.731. The first-order valence-corrected chi connectivity index (χ1v) is 10.2. The van der Waals surface area contributed by atoms with E-state index in [0.717, 1.165) is 39.0 Å². The van der Waals surface area contributed by atoms with Gasteiger partial charge in [-0.3, -0.25) is 4.90 Å². The highest BCUT2D eigenvalue weighted by molar-refractivity contribution is 6.42. The van der Waals surface area contributed by atoms with Crippen LogP contribution in [-0.4, -0.2) is 60.8 Å². The van der Waals surface area contributed by atoms with Gasteiger partial charge in [-0.05, 0) is 71.4 Å².